The van der Waals surface area contributed by atoms with E-state index in [2.05, 4.69) is 0 Å². The summed E-state index contributed by atoms with van der Waals surface area (Å²) in [6.45, 7) is 0. The largest absolute Gasteiger partial charge is 0.455 e. The van der Waals surface area contributed by atoms with Gasteiger partial charge in [0.25, 0.3) is 0 Å². The molecule has 5 aromatic carbocycles. The highest BCUT2D eigenvalue weighted by atomic mass is 19.1. The quantitative estimate of drug-likeness (QED) is 0.246. The zero-order valence-electron chi connectivity index (χ0n) is 20.2. The maximum atomic E-state index is 15.7. The van der Waals surface area contributed by atoms with Gasteiger partial charge in [-0.1, -0.05) is 109 Å². The van der Waals surface area contributed by atoms with Crippen molar-refractivity contribution in [3.05, 3.63) is 127 Å². The van der Waals surface area contributed by atoms with Gasteiger partial charge in [0.2, 0.25) is 0 Å². The summed E-state index contributed by atoms with van der Waals surface area (Å²) in [5, 5.41) is 1.97. The van der Waals surface area contributed by atoms with Crippen LogP contribution in [0.5, 0.6) is 0 Å². The van der Waals surface area contributed by atoms with Crippen LogP contribution in [-0.4, -0.2) is 15.0 Å². The molecule has 0 radical (unpaired) electrons. The molecular weight excluding hydrogens is 473 g/mol. The molecule has 0 fully saturated rings. The lowest BCUT2D eigenvalue weighted by atomic mass is 10.00. The van der Waals surface area contributed by atoms with Gasteiger partial charge in [0, 0.05) is 38.6 Å². The lowest BCUT2D eigenvalue weighted by molar-refractivity contribution is 0.630. The van der Waals surface area contributed by atoms with Gasteiger partial charge in [-0.05, 0) is 12.1 Å². The van der Waals surface area contributed by atoms with Crippen molar-refractivity contribution in [2.75, 3.05) is 0 Å². The van der Waals surface area contributed by atoms with Crippen molar-refractivity contribution in [3.63, 3.8) is 0 Å². The average Bonchev–Trinajstić information content (AvgIpc) is 3.37. The maximum Gasteiger partial charge on any atom is 0.164 e. The van der Waals surface area contributed by atoms with Crippen molar-refractivity contribution in [2.45, 2.75) is 0 Å². The third kappa shape index (κ3) is 3.82. The Balaban J connectivity index is 1.37. The van der Waals surface area contributed by atoms with E-state index < -0.39 is 0 Å². The van der Waals surface area contributed by atoms with Crippen molar-refractivity contribution >= 4 is 21.9 Å². The van der Waals surface area contributed by atoms with Crippen LogP contribution in [-0.2, 0) is 0 Å². The van der Waals surface area contributed by atoms with E-state index in [0.29, 0.717) is 39.7 Å². The molecule has 0 atom stereocenters. The Hall–Kier alpha value is -5.16. The highest BCUT2D eigenvalue weighted by Gasteiger charge is 2.17. The fourth-order valence-corrected chi connectivity index (χ4v) is 4.77. The van der Waals surface area contributed by atoms with Crippen LogP contribution in [0.25, 0.3) is 67.2 Å². The molecule has 0 saturated heterocycles. The molecule has 0 N–H and O–H groups in total. The van der Waals surface area contributed by atoms with Gasteiger partial charge in [0.15, 0.2) is 17.5 Å². The van der Waals surface area contributed by atoms with Gasteiger partial charge in [-0.3, -0.25) is 0 Å². The molecule has 7 rings (SSSR count). The topological polar surface area (TPSA) is 51.8 Å². The van der Waals surface area contributed by atoms with E-state index in [4.69, 9.17) is 19.4 Å². The molecule has 0 aliphatic heterocycles. The fourth-order valence-electron chi connectivity index (χ4n) is 4.77. The average molecular weight is 494 g/mol. The standard InChI is InChI=1S/C33H20FN3O/c34-28-20-23(18-19-24(28)26-15-9-16-27-25-14-7-8-17-29(25)38-30(26)27)33-36-31(21-10-3-1-4-11-21)35-32(37-33)22-12-5-2-6-13-22/h1-20H. The highest BCUT2D eigenvalue weighted by molar-refractivity contribution is 6.09. The summed E-state index contributed by atoms with van der Waals surface area (Å²) in [6, 6.07) is 38.2. The first kappa shape index (κ1) is 22.1. The van der Waals surface area contributed by atoms with Crippen molar-refractivity contribution in [1.29, 1.82) is 0 Å². The number of benzene rings is 5. The first-order valence-corrected chi connectivity index (χ1v) is 12.3. The first-order valence-electron chi connectivity index (χ1n) is 12.3. The van der Waals surface area contributed by atoms with E-state index in [0.717, 1.165) is 27.5 Å². The molecule has 2 heterocycles. The van der Waals surface area contributed by atoms with Crippen LogP contribution >= 0.6 is 0 Å². The SMILES string of the molecule is Fc1cc(-c2nc(-c3ccccc3)nc(-c3ccccc3)n2)ccc1-c1cccc2c1oc1ccccc12. The van der Waals surface area contributed by atoms with E-state index in [1.807, 2.05) is 109 Å². The number of para-hydroxylation sites is 2. The lowest BCUT2D eigenvalue weighted by Gasteiger charge is -2.10. The van der Waals surface area contributed by atoms with Crippen molar-refractivity contribution in [1.82, 2.24) is 15.0 Å². The van der Waals surface area contributed by atoms with E-state index in [-0.39, 0.29) is 5.82 Å². The fraction of sp³-hybridized carbons (Fsp3) is 0. The number of furan rings is 1. The number of nitrogens with zero attached hydrogens (tertiary/aromatic N) is 3. The summed E-state index contributed by atoms with van der Waals surface area (Å²) in [5.41, 5.74) is 4.90. The smallest absolute Gasteiger partial charge is 0.164 e. The van der Waals surface area contributed by atoms with Gasteiger partial charge in [-0.15, -0.1) is 0 Å². The highest BCUT2D eigenvalue weighted by Crippen LogP contribution is 2.37. The van der Waals surface area contributed by atoms with Crippen LogP contribution in [0.4, 0.5) is 4.39 Å². The summed E-state index contributed by atoms with van der Waals surface area (Å²) in [6.07, 6.45) is 0. The van der Waals surface area contributed by atoms with Crippen molar-refractivity contribution in [3.8, 4) is 45.3 Å². The van der Waals surface area contributed by atoms with E-state index >= 15 is 4.39 Å². The number of aromatic nitrogens is 3. The second kappa shape index (κ2) is 9.05. The lowest BCUT2D eigenvalue weighted by Crippen LogP contribution is -2.00. The van der Waals surface area contributed by atoms with Gasteiger partial charge in [-0.2, -0.15) is 0 Å². The van der Waals surface area contributed by atoms with Gasteiger partial charge in [0.05, 0.1) is 0 Å². The van der Waals surface area contributed by atoms with Gasteiger partial charge in [0.1, 0.15) is 17.0 Å². The summed E-state index contributed by atoms with van der Waals surface area (Å²) in [7, 11) is 0. The zero-order chi connectivity index (χ0) is 25.5. The van der Waals surface area contributed by atoms with Gasteiger partial charge < -0.3 is 4.42 Å². The summed E-state index contributed by atoms with van der Waals surface area (Å²) in [5.74, 6) is 1.10. The number of rotatable bonds is 4. The number of fused-ring (bicyclic) bond motifs is 3. The Kier molecular flexibility index (Phi) is 5.26. The van der Waals surface area contributed by atoms with E-state index in [1.165, 1.54) is 6.07 Å². The monoisotopic (exact) mass is 493 g/mol. The molecular formula is C33H20FN3O. The molecule has 38 heavy (non-hydrogen) atoms. The summed E-state index contributed by atoms with van der Waals surface area (Å²) >= 11 is 0. The minimum atomic E-state index is -0.376. The van der Waals surface area contributed by atoms with Crippen LogP contribution in [0.2, 0.25) is 0 Å². The minimum absolute atomic E-state index is 0.376. The second-order valence-electron chi connectivity index (χ2n) is 9.01. The predicted octanol–water partition coefficient (Wildman–Crippen LogP) is 8.58. The predicted molar refractivity (Wildman–Crippen MR) is 149 cm³/mol. The summed E-state index contributed by atoms with van der Waals surface area (Å²) in [4.78, 5) is 14.1. The maximum absolute atomic E-state index is 15.7. The third-order valence-corrected chi connectivity index (χ3v) is 6.62. The zero-order valence-corrected chi connectivity index (χ0v) is 20.2. The molecule has 0 bridgehead atoms. The normalized spacial score (nSPS) is 11.3. The Labute approximate surface area is 218 Å². The van der Waals surface area contributed by atoms with E-state index in [1.54, 1.807) is 6.07 Å². The molecule has 0 amide bonds. The van der Waals surface area contributed by atoms with Crippen LogP contribution in [0.15, 0.2) is 126 Å². The van der Waals surface area contributed by atoms with Crippen LogP contribution in [0, 0.1) is 5.82 Å². The number of hydrogen-bond donors (Lipinski definition) is 0. The molecule has 0 aliphatic rings. The molecule has 5 heteroatoms. The molecule has 0 unspecified atom stereocenters. The molecule has 4 nitrogen and oxygen atoms in total. The Morgan fingerprint density at radius 3 is 1.71 bits per heavy atom. The number of halogens is 1. The molecule has 7 aromatic rings. The Bertz CT molecular complexity index is 1870. The van der Waals surface area contributed by atoms with Crippen LogP contribution in [0.1, 0.15) is 0 Å². The number of hydrogen-bond acceptors (Lipinski definition) is 4. The Morgan fingerprint density at radius 2 is 1.05 bits per heavy atom. The molecule has 0 saturated carbocycles. The van der Waals surface area contributed by atoms with Crippen molar-refractivity contribution < 1.29 is 8.81 Å². The van der Waals surface area contributed by atoms with Gasteiger partial charge >= 0.3 is 0 Å². The van der Waals surface area contributed by atoms with Gasteiger partial charge in [-0.25, -0.2) is 19.3 Å². The minimum Gasteiger partial charge on any atom is -0.455 e. The first-order chi connectivity index (χ1) is 18.7. The third-order valence-electron chi connectivity index (χ3n) is 6.62. The molecule has 2 aromatic heterocycles. The van der Waals surface area contributed by atoms with Crippen LogP contribution in [0.3, 0.4) is 0 Å². The molecule has 180 valence electrons. The summed E-state index contributed by atoms with van der Waals surface area (Å²) < 4.78 is 21.9. The molecule has 0 aliphatic carbocycles. The van der Waals surface area contributed by atoms with E-state index in [9.17, 15) is 0 Å². The second-order valence-corrected chi connectivity index (χ2v) is 9.01. The van der Waals surface area contributed by atoms with Crippen molar-refractivity contribution in [2.24, 2.45) is 0 Å². The molecule has 0 spiro atoms. The Morgan fingerprint density at radius 1 is 0.474 bits per heavy atom. The van der Waals surface area contributed by atoms with Crippen LogP contribution < -0.4 is 0 Å².